The van der Waals surface area contributed by atoms with Crippen LogP contribution in [0.1, 0.15) is 5.69 Å². The van der Waals surface area contributed by atoms with E-state index in [1.165, 1.54) is 5.69 Å². The van der Waals surface area contributed by atoms with Gasteiger partial charge in [0.05, 0.1) is 17.8 Å². The quantitative estimate of drug-likeness (QED) is 0.857. The van der Waals surface area contributed by atoms with Gasteiger partial charge in [-0.05, 0) is 28.1 Å². The summed E-state index contributed by atoms with van der Waals surface area (Å²) in [7, 11) is 0. The summed E-state index contributed by atoms with van der Waals surface area (Å²) in [5.74, 6) is 0. The number of H-pyrrole nitrogens is 1. The van der Waals surface area contributed by atoms with Crippen molar-refractivity contribution in [2.45, 2.75) is 6.54 Å². The number of ether oxygens (including phenoxy) is 1. The third-order valence-corrected chi connectivity index (χ3v) is 2.67. The van der Waals surface area contributed by atoms with Crippen LogP contribution in [-0.4, -0.2) is 36.2 Å². The highest BCUT2D eigenvalue weighted by Crippen LogP contribution is 2.11. The minimum atomic E-state index is 0.863. The number of hydrogen-bond donors (Lipinski definition) is 1. The van der Waals surface area contributed by atoms with Gasteiger partial charge in [-0.2, -0.15) is 0 Å². The second-order valence-corrected chi connectivity index (χ2v) is 4.07. The SMILES string of the molecule is Brc1ccc(CN2CCOCC2)[nH]1. The summed E-state index contributed by atoms with van der Waals surface area (Å²) in [6.07, 6.45) is 0. The summed E-state index contributed by atoms with van der Waals surface area (Å²) in [5, 5.41) is 0. The number of hydrogen-bond acceptors (Lipinski definition) is 2. The summed E-state index contributed by atoms with van der Waals surface area (Å²) in [6.45, 7) is 4.80. The van der Waals surface area contributed by atoms with Crippen LogP contribution >= 0.6 is 15.9 Å². The molecule has 0 radical (unpaired) electrons. The lowest BCUT2D eigenvalue weighted by Gasteiger charge is -2.25. The van der Waals surface area contributed by atoms with Gasteiger partial charge >= 0.3 is 0 Å². The Balaban J connectivity index is 1.89. The van der Waals surface area contributed by atoms with E-state index in [0.717, 1.165) is 37.5 Å². The van der Waals surface area contributed by atoms with Crippen molar-refractivity contribution in [3.63, 3.8) is 0 Å². The summed E-state index contributed by atoms with van der Waals surface area (Å²) in [6, 6.07) is 4.15. The Hall–Kier alpha value is -0.320. The van der Waals surface area contributed by atoms with Gasteiger partial charge in [0, 0.05) is 25.3 Å². The van der Waals surface area contributed by atoms with Gasteiger partial charge in [0.1, 0.15) is 0 Å². The van der Waals surface area contributed by atoms with E-state index in [0.29, 0.717) is 0 Å². The topological polar surface area (TPSA) is 28.3 Å². The number of halogens is 1. The zero-order chi connectivity index (χ0) is 9.10. The molecule has 2 heterocycles. The van der Waals surface area contributed by atoms with Gasteiger partial charge in [0.15, 0.2) is 0 Å². The first-order valence-corrected chi connectivity index (χ1v) is 5.27. The molecule has 1 aromatic rings. The Morgan fingerprint density at radius 1 is 1.38 bits per heavy atom. The van der Waals surface area contributed by atoms with Crippen molar-refractivity contribution >= 4 is 15.9 Å². The van der Waals surface area contributed by atoms with E-state index >= 15 is 0 Å². The van der Waals surface area contributed by atoms with Gasteiger partial charge in [-0.25, -0.2) is 0 Å². The van der Waals surface area contributed by atoms with E-state index in [2.05, 4.69) is 31.9 Å². The number of rotatable bonds is 2. The molecule has 1 N–H and O–H groups in total. The Labute approximate surface area is 86.2 Å². The molecule has 13 heavy (non-hydrogen) atoms. The van der Waals surface area contributed by atoms with Crippen LogP contribution in [0.3, 0.4) is 0 Å². The molecular formula is C9H13BrN2O. The van der Waals surface area contributed by atoms with E-state index in [1.54, 1.807) is 0 Å². The maximum atomic E-state index is 5.28. The van der Waals surface area contributed by atoms with E-state index in [1.807, 2.05) is 6.07 Å². The van der Waals surface area contributed by atoms with Crippen molar-refractivity contribution in [1.29, 1.82) is 0 Å². The maximum absolute atomic E-state index is 5.28. The van der Waals surface area contributed by atoms with Gasteiger partial charge in [-0.15, -0.1) is 0 Å². The van der Waals surface area contributed by atoms with Gasteiger partial charge in [0.2, 0.25) is 0 Å². The van der Waals surface area contributed by atoms with E-state index in [-0.39, 0.29) is 0 Å². The van der Waals surface area contributed by atoms with Gasteiger partial charge in [-0.1, -0.05) is 0 Å². The van der Waals surface area contributed by atoms with Gasteiger partial charge < -0.3 is 9.72 Å². The van der Waals surface area contributed by atoms with Crippen molar-refractivity contribution in [1.82, 2.24) is 9.88 Å². The van der Waals surface area contributed by atoms with Crippen LogP contribution in [0.15, 0.2) is 16.7 Å². The van der Waals surface area contributed by atoms with E-state index in [9.17, 15) is 0 Å². The van der Waals surface area contributed by atoms with Gasteiger partial charge in [-0.3, -0.25) is 4.90 Å². The summed E-state index contributed by atoms with van der Waals surface area (Å²) in [5.41, 5.74) is 1.26. The van der Waals surface area contributed by atoms with Crippen LogP contribution in [0.4, 0.5) is 0 Å². The Bertz CT molecular complexity index is 268. The minimum absolute atomic E-state index is 0.863. The molecule has 3 nitrogen and oxygen atoms in total. The van der Waals surface area contributed by atoms with Gasteiger partial charge in [0.25, 0.3) is 0 Å². The van der Waals surface area contributed by atoms with Crippen molar-refractivity contribution in [3.8, 4) is 0 Å². The highest BCUT2D eigenvalue weighted by molar-refractivity contribution is 9.10. The lowest BCUT2D eigenvalue weighted by atomic mass is 10.3. The molecule has 0 saturated carbocycles. The van der Waals surface area contributed by atoms with E-state index < -0.39 is 0 Å². The lowest BCUT2D eigenvalue weighted by Crippen LogP contribution is -2.35. The number of aromatic amines is 1. The molecule has 1 saturated heterocycles. The predicted octanol–water partition coefficient (Wildman–Crippen LogP) is 1.61. The molecule has 1 fully saturated rings. The molecule has 0 atom stereocenters. The zero-order valence-corrected chi connectivity index (χ0v) is 9.01. The molecule has 4 heteroatoms. The fourth-order valence-electron chi connectivity index (χ4n) is 1.50. The second-order valence-electron chi connectivity index (χ2n) is 3.22. The molecule has 0 aliphatic carbocycles. The Morgan fingerprint density at radius 3 is 2.77 bits per heavy atom. The monoisotopic (exact) mass is 244 g/mol. The average Bonchev–Trinajstić information content (AvgIpc) is 2.53. The fourth-order valence-corrected chi connectivity index (χ4v) is 1.89. The number of nitrogens with zero attached hydrogens (tertiary/aromatic N) is 1. The average molecular weight is 245 g/mol. The minimum Gasteiger partial charge on any atom is -0.379 e. The smallest absolute Gasteiger partial charge is 0.0822 e. The molecule has 0 amide bonds. The van der Waals surface area contributed by atoms with Crippen LogP contribution in [-0.2, 0) is 11.3 Å². The molecular weight excluding hydrogens is 232 g/mol. The molecule has 0 aromatic carbocycles. The van der Waals surface area contributed by atoms with Crippen molar-refractivity contribution in [3.05, 3.63) is 22.4 Å². The molecule has 0 spiro atoms. The molecule has 1 aliphatic heterocycles. The Morgan fingerprint density at radius 2 is 2.15 bits per heavy atom. The standard InChI is InChI=1S/C9H13BrN2O/c10-9-2-1-8(11-9)7-12-3-5-13-6-4-12/h1-2,11H,3-7H2. The molecule has 1 aliphatic rings. The first kappa shape index (κ1) is 9.24. The lowest BCUT2D eigenvalue weighted by molar-refractivity contribution is 0.0337. The molecule has 0 bridgehead atoms. The van der Waals surface area contributed by atoms with Crippen molar-refractivity contribution in [2.75, 3.05) is 26.3 Å². The second kappa shape index (κ2) is 4.26. The predicted molar refractivity (Wildman–Crippen MR) is 54.6 cm³/mol. The third-order valence-electron chi connectivity index (χ3n) is 2.21. The third kappa shape index (κ3) is 2.56. The number of morpholine rings is 1. The fraction of sp³-hybridized carbons (Fsp3) is 0.556. The maximum Gasteiger partial charge on any atom is 0.0822 e. The summed E-state index contributed by atoms with van der Waals surface area (Å²) < 4.78 is 6.33. The zero-order valence-electron chi connectivity index (χ0n) is 7.42. The summed E-state index contributed by atoms with van der Waals surface area (Å²) >= 11 is 3.40. The normalized spacial score (nSPS) is 19.2. The highest BCUT2D eigenvalue weighted by Gasteiger charge is 2.10. The highest BCUT2D eigenvalue weighted by atomic mass is 79.9. The van der Waals surface area contributed by atoms with Crippen LogP contribution < -0.4 is 0 Å². The molecule has 1 aromatic heterocycles. The molecule has 0 unspecified atom stereocenters. The van der Waals surface area contributed by atoms with Crippen molar-refractivity contribution < 1.29 is 4.74 Å². The van der Waals surface area contributed by atoms with E-state index in [4.69, 9.17) is 4.74 Å². The van der Waals surface area contributed by atoms with Crippen LogP contribution in [0.25, 0.3) is 0 Å². The first-order valence-electron chi connectivity index (χ1n) is 4.48. The molecule has 2 rings (SSSR count). The number of aromatic nitrogens is 1. The van der Waals surface area contributed by atoms with Crippen molar-refractivity contribution in [2.24, 2.45) is 0 Å². The summed E-state index contributed by atoms with van der Waals surface area (Å²) in [4.78, 5) is 5.65. The van der Waals surface area contributed by atoms with Crippen LogP contribution in [0, 0.1) is 0 Å². The molecule has 72 valence electrons. The first-order chi connectivity index (χ1) is 6.34. The number of nitrogens with one attached hydrogen (secondary N) is 1. The van der Waals surface area contributed by atoms with Crippen LogP contribution in [0.5, 0.6) is 0 Å². The Kier molecular flexibility index (Phi) is 3.03. The van der Waals surface area contributed by atoms with Crippen LogP contribution in [0.2, 0.25) is 0 Å². The largest absolute Gasteiger partial charge is 0.379 e.